The summed E-state index contributed by atoms with van der Waals surface area (Å²) in [4.78, 5) is 4.40. The van der Waals surface area contributed by atoms with E-state index >= 15 is 0 Å². The molecule has 2 aromatic heterocycles. The van der Waals surface area contributed by atoms with E-state index in [0.29, 0.717) is 0 Å². The molecule has 3 N–H and O–H groups in total. The maximum Gasteiger partial charge on any atom is 0.0705 e. The topological polar surface area (TPSA) is 68.8 Å². The largest absolute Gasteiger partial charge is 0.276 e. The molecule has 0 spiro atoms. The molecule has 108 valence electrons. The number of aryl methyl sites for hydroxylation is 2. The van der Waals surface area contributed by atoms with Gasteiger partial charge in [0.2, 0.25) is 0 Å². The number of pyridine rings is 1. The smallest absolute Gasteiger partial charge is 0.0705 e. The lowest BCUT2D eigenvalue weighted by molar-refractivity contribution is 0.519. The molecule has 0 fully saturated rings. The van der Waals surface area contributed by atoms with Crippen LogP contribution in [-0.4, -0.2) is 14.8 Å². The van der Waals surface area contributed by atoms with Crippen LogP contribution in [0.4, 0.5) is 0 Å². The van der Waals surface area contributed by atoms with E-state index in [1.54, 1.807) is 0 Å². The fraction of sp³-hybridized carbons (Fsp3) is 0.250. The predicted molar refractivity (Wildman–Crippen MR) is 83.3 cm³/mol. The number of rotatable bonds is 5. The molecule has 21 heavy (non-hydrogen) atoms. The third-order valence-electron chi connectivity index (χ3n) is 3.74. The number of aromatic nitrogens is 3. The average molecular weight is 281 g/mol. The van der Waals surface area contributed by atoms with Crippen molar-refractivity contribution in [2.75, 3.05) is 0 Å². The molecule has 1 atom stereocenters. The molecule has 0 radical (unpaired) electrons. The Labute approximate surface area is 123 Å². The van der Waals surface area contributed by atoms with E-state index in [4.69, 9.17) is 5.84 Å². The van der Waals surface area contributed by atoms with Gasteiger partial charge in [-0.3, -0.25) is 20.9 Å². The second-order valence-corrected chi connectivity index (χ2v) is 5.20. The first-order valence-corrected chi connectivity index (χ1v) is 7.05. The highest BCUT2D eigenvalue weighted by Gasteiger charge is 2.13. The van der Waals surface area contributed by atoms with Crippen molar-refractivity contribution in [3.8, 4) is 0 Å². The Bertz CT molecular complexity index is 729. The molecule has 0 aliphatic heterocycles. The van der Waals surface area contributed by atoms with Gasteiger partial charge in [-0.2, -0.15) is 5.10 Å². The number of benzene rings is 1. The Kier molecular flexibility index (Phi) is 3.94. The van der Waals surface area contributed by atoms with Gasteiger partial charge < -0.3 is 0 Å². The molecule has 5 heteroatoms. The monoisotopic (exact) mass is 281 g/mol. The van der Waals surface area contributed by atoms with Crippen LogP contribution >= 0.6 is 0 Å². The van der Waals surface area contributed by atoms with Crippen molar-refractivity contribution >= 4 is 10.9 Å². The highest BCUT2D eigenvalue weighted by molar-refractivity contribution is 5.82. The van der Waals surface area contributed by atoms with Crippen LogP contribution in [0.25, 0.3) is 10.9 Å². The van der Waals surface area contributed by atoms with E-state index in [1.165, 1.54) is 11.1 Å². The normalized spacial score (nSPS) is 12.7. The summed E-state index contributed by atoms with van der Waals surface area (Å²) in [5.74, 6) is 5.77. The molecule has 5 nitrogen and oxygen atoms in total. The van der Waals surface area contributed by atoms with Crippen molar-refractivity contribution in [2.24, 2.45) is 12.9 Å². The molecule has 3 rings (SSSR count). The van der Waals surface area contributed by atoms with Gasteiger partial charge in [-0.25, -0.2) is 0 Å². The zero-order valence-electron chi connectivity index (χ0n) is 12.0. The van der Waals surface area contributed by atoms with Gasteiger partial charge in [0.25, 0.3) is 0 Å². The summed E-state index contributed by atoms with van der Waals surface area (Å²) in [6.07, 6.45) is 7.60. The highest BCUT2D eigenvalue weighted by Crippen LogP contribution is 2.25. The molecule has 0 amide bonds. The predicted octanol–water partition coefficient (Wildman–Crippen LogP) is 2.11. The molecule has 3 aromatic rings. The minimum atomic E-state index is 0.0955. The molecular formula is C16H19N5. The van der Waals surface area contributed by atoms with Crippen molar-refractivity contribution in [1.29, 1.82) is 0 Å². The number of nitrogens with two attached hydrogens (primary N) is 1. The Hall–Kier alpha value is -2.24. The van der Waals surface area contributed by atoms with Gasteiger partial charge in [0.05, 0.1) is 11.7 Å². The Morgan fingerprint density at radius 1 is 1.29 bits per heavy atom. The van der Waals surface area contributed by atoms with Gasteiger partial charge in [0.15, 0.2) is 0 Å². The van der Waals surface area contributed by atoms with E-state index in [1.807, 2.05) is 48.5 Å². The molecule has 1 aromatic carbocycles. The summed E-state index contributed by atoms with van der Waals surface area (Å²) in [6.45, 7) is 0. The summed E-state index contributed by atoms with van der Waals surface area (Å²) in [7, 11) is 1.93. The maximum atomic E-state index is 5.77. The molecule has 0 saturated carbocycles. The van der Waals surface area contributed by atoms with E-state index in [0.717, 1.165) is 23.7 Å². The molecule has 1 unspecified atom stereocenters. The van der Waals surface area contributed by atoms with Crippen molar-refractivity contribution in [2.45, 2.75) is 18.9 Å². The van der Waals surface area contributed by atoms with Crippen molar-refractivity contribution in [1.82, 2.24) is 20.2 Å². The molecule has 0 aliphatic carbocycles. The second-order valence-electron chi connectivity index (χ2n) is 5.20. The van der Waals surface area contributed by atoms with Crippen LogP contribution in [0.15, 0.2) is 48.9 Å². The first kappa shape index (κ1) is 13.7. The Balaban J connectivity index is 1.84. The second kappa shape index (κ2) is 6.03. The van der Waals surface area contributed by atoms with E-state index in [-0.39, 0.29) is 6.04 Å². The van der Waals surface area contributed by atoms with Gasteiger partial charge in [-0.15, -0.1) is 0 Å². The molecule has 0 bridgehead atoms. The van der Waals surface area contributed by atoms with Crippen LogP contribution in [0.3, 0.4) is 0 Å². The first-order valence-electron chi connectivity index (χ1n) is 7.05. The van der Waals surface area contributed by atoms with Crippen molar-refractivity contribution in [3.63, 3.8) is 0 Å². The van der Waals surface area contributed by atoms with Crippen LogP contribution in [0.1, 0.15) is 23.6 Å². The van der Waals surface area contributed by atoms with Gasteiger partial charge in [0, 0.05) is 30.9 Å². The maximum absolute atomic E-state index is 5.77. The number of hydrazine groups is 1. The minimum absolute atomic E-state index is 0.0955. The third-order valence-corrected chi connectivity index (χ3v) is 3.74. The molecular weight excluding hydrogens is 262 g/mol. The fourth-order valence-corrected chi connectivity index (χ4v) is 2.67. The van der Waals surface area contributed by atoms with Crippen LogP contribution in [0.2, 0.25) is 0 Å². The number of nitrogens with zero attached hydrogens (tertiary/aromatic N) is 3. The lowest BCUT2D eigenvalue weighted by Crippen LogP contribution is -2.28. The summed E-state index contributed by atoms with van der Waals surface area (Å²) >= 11 is 0. The van der Waals surface area contributed by atoms with Gasteiger partial charge in [0.1, 0.15) is 0 Å². The van der Waals surface area contributed by atoms with Crippen LogP contribution in [-0.2, 0) is 13.5 Å². The minimum Gasteiger partial charge on any atom is -0.276 e. The lowest BCUT2D eigenvalue weighted by Gasteiger charge is -2.17. The summed E-state index contributed by atoms with van der Waals surface area (Å²) in [5, 5.41) is 5.35. The van der Waals surface area contributed by atoms with Crippen LogP contribution < -0.4 is 11.3 Å². The highest BCUT2D eigenvalue weighted by atomic mass is 15.2. The molecule has 0 saturated heterocycles. The molecule has 0 aliphatic rings. The third kappa shape index (κ3) is 2.94. The van der Waals surface area contributed by atoms with Gasteiger partial charge in [-0.1, -0.05) is 18.2 Å². The van der Waals surface area contributed by atoms with Crippen LogP contribution in [0, 0.1) is 0 Å². The lowest BCUT2D eigenvalue weighted by atomic mass is 9.97. The number of nitrogens with one attached hydrogen (secondary N) is 1. The van der Waals surface area contributed by atoms with E-state index < -0.39 is 0 Å². The van der Waals surface area contributed by atoms with E-state index in [2.05, 4.69) is 27.6 Å². The Morgan fingerprint density at radius 2 is 2.19 bits per heavy atom. The summed E-state index contributed by atoms with van der Waals surface area (Å²) < 4.78 is 1.82. The zero-order valence-corrected chi connectivity index (χ0v) is 12.0. The summed E-state index contributed by atoms with van der Waals surface area (Å²) in [5.41, 5.74) is 6.34. The van der Waals surface area contributed by atoms with Gasteiger partial charge >= 0.3 is 0 Å². The van der Waals surface area contributed by atoms with E-state index in [9.17, 15) is 0 Å². The average Bonchev–Trinajstić information content (AvgIpc) is 2.93. The number of fused-ring (bicyclic) bond motifs is 1. The quantitative estimate of drug-likeness (QED) is 0.555. The van der Waals surface area contributed by atoms with Gasteiger partial charge in [-0.05, 0) is 36.1 Å². The van der Waals surface area contributed by atoms with Crippen molar-refractivity contribution in [3.05, 3.63) is 60.0 Å². The fourth-order valence-electron chi connectivity index (χ4n) is 2.67. The SMILES string of the molecule is Cn1cc(CCC(NN)c2cccc3ncccc23)cn1. The van der Waals surface area contributed by atoms with Crippen LogP contribution in [0.5, 0.6) is 0 Å². The first-order chi connectivity index (χ1) is 10.3. The number of hydrogen-bond donors (Lipinski definition) is 2. The zero-order chi connectivity index (χ0) is 14.7. The molecule has 2 heterocycles. The number of hydrogen-bond acceptors (Lipinski definition) is 4. The standard InChI is InChI=1S/C16H19N5/c1-21-11-12(10-19-21)7-8-16(20-17)14-4-2-6-15-13(14)5-3-9-18-15/h2-6,9-11,16,20H,7-8,17H2,1H3. The van der Waals surface area contributed by atoms with Crippen molar-refractivity contribution < 1.29 is 0 Å². The Morgan fingerprint density at radius 3 is 2.95 bits per heavy atom. The summed E-state index contributed by atoms with van der Waals surface area (Å²) in [6, 6.07) is 10.3.